The van der Waals surface area contributed by atoms with Crippen LogP contribution in [0.5, 0.6) is 0 Å². The van der Waals surface area contributed by atoms with E-state index in [1.807, 2.05) is 0 Å². The van der Waals surface area contributed by atoms with Gasteiger partial charge in [0.15, 0.2) is 0 Å². The molecule has 1 aliphatic rings. The van der Waals surface area contributed by atoms with E-state index in [4.69, 9.17) is 5.11 Å². The summed E-state index contributed by atoms with van der Waals surface area (Å²) in [7, 11) is 0. The lowest BCUT2D eigenvalue weighted by Gasteiger charge is -2.35. The first-order valence-electron chi connectivity index (χ1n) is 5.31. The molecule has 5 heteroatoms. The molecule has 15 heavy (non-hydrogen) atoms. The van der Waals surface area contributed by atoms with Crippen LogP contribution in [-0.2, 0) is 4.79 Å². The molecule has 0 aromatic heterocycles. The summed E-state index contributed by atoms with van der Waals surface area (Å²) in [6.07, 6.45) is -0.701. The molecule has 0 radical (unpaired) electrons. The second-order valence-electron chi connectivity index (χ2n) is 3.99. The van der Waals surface area contributed by atoms with Crippen molar-refractivity contribution in [2.45, 2.75) is 38.7 Å². The largest absolute Gasteiger partial charge is 0.480 e. The number of carboxylic acids is 1. The van der Waals surface area contributed by atoms with E-state index in [-0.39, 0.29) is 6.54 Å². The van der Waals surface area contributed by atoms with Crippen LogP contribution in [0.2, 0.25) is 0 Å². The monoisotopic (exact) mass is 221 g/mol. The molecular weight excluding hydrogens is 204 g/mol. The third-order valence-corrected chi connectivity index (χ3v) is 2.96. The first kappa shape index (κ1) is 12.4. The molecule has 0 aromatic rings. The minimum Gasteiger partial charge on any atom is -0.480 e. The molecule has 0 spiro atoms. The predicted molar refractivity (Wildman–Crippen MR) is 52.0 cm³/mol. The lowest BCUT2D eigenvalue weighted by atomic mass is 9.96. The van der Waals surface area contributed by atoms with Crippen molar-refractivity contribution in [3.05, 3.63) is 0 Å². The van der Waals surface area contributed by atoms with Crippen molar-refractivity contribution in [3.63, 3.8) is 0 Å². The highest BCUT2D eigenvalue weighted by Gasteiger charge is 2.32. The lowest BCUT2D eigenvalue weighted by molar-refractivity contribution is -0.144. The average molecular weight is 221 g/mol. The van der Waals surface area contributed by atoms with Gasteiger partial charge in [-0.05, 0) is 25.8 Å². The summed E-state index contributed by atoms with van der Waals surface area (Å²) >= 11 is 0. The summed E-state index contributed by atoms with van der Waals surface area (Å²) in [5.74, 6) is -1.57. The zero-order valence-electron chi connectivity index (χ0n) is 8.83. The fourth-order valence-corrected chi connectivity index (χ4v) is 2.12. The Morgan fingerprint density at radius 3 is 2.73 bits per heavy atom. The first-order chi connectivity index (χ1) is 7.06. The number of aliphatic carboxylic acids is 1. The Bertz CT molecular complexity index is 223. The van der Waals surface area contributed by atoms with Crippen molar-refractivity contribution in [2.24, 2.45) is 5.92 Å². The molecule has 0 aromatic carbocycles. The minimum atomic E-state index is -2.33. The normalized spacial score (nSPS) is 25.5. The Kier molecular flexibility index (Phi) is 4.45. The highest BCUT2D eigenvalue weighted by molar-refractivity contribution is 5.73. The fourth-order valence-electron chi connectivity index (χ4n) is 2.12. The number of rotatable bonds is 4. The average Bonchev–Trinajstić information content (AvgIpc) is 2.18. The van der Waals surface area contributed by atoms with Gasteiger partial charge in [0.2, 0.25) is 6.43 Å². The van der Waals surface area contributed by atoms with E-state index in [1.54, 1.807) is 11.8 Å². The van der Waals surface area contributed by atoms with Gasteiger partial charge < -0.3 is 5.11 Å². The fraction of sp³-hybridized carbons (Fsp3) is 0.900. The van der Waals surface area contributed by atoms with Gasteiger partial charge in [-0.15, -0.1) is 0 Å². The highest BCUT2D eigenvalue weighted by atomic mass is 19.3. The Balaban J connectivity index is 2.58. The van der Waals surface area contributed by atoms with Gasteiger partial charge in [0.1, 0.15) is 6.04 Å². The van der Waals surface area contributed by atoms with E-state index in [1.165, 1.54) is 0 Å². The molecular formula is C10H17F2NO2. The molecule has 88 valence electrons. The van der Waals surface area contributed by atoms with Gasteiger partial charge in [0, 0.05) is 12.5 Å². The van der Waals surface area contributed by atoms with E-state index in [0.29, 0.717) is 25.8 Å². The van der Waals surface area contributed by atoms with Crippen LogP contribution in [0.25, 0.3) is 0 Å². The smallest absolute Gasteiger partial charge is 0.320 e. The van der Waals surface area contributed by atoms with Crippen LogP contribution in [0.4, 0.5) is 8.78 Å². The van der Waals surface area contributed by atoms with Crippen LogP contribution < -0.4 is 0 Å². The van der Waals surface area contributed by atoms with E-state index >= 15 is 0 Å². The molecule has 2 atom stereocenters. The van der Waals surface area contributed by atoms with Crippen molar-refractivity contribution in [1.29, 1.82) is 0 Å². The summed E-state index contributed by atoms with van der Waals surface area (Å²) < 4.78 is 25.0. The number of nitrogens with zero attached hydrogens (tertiary/aromatic N) is 1. The van der Waals surface area contributed by atoms with Crippen LogP contribution in [0, 0.1) is 5.92 Å². The van der Waals surface area contributed by atoms with Gasteiger partial charge in [0.25, 0.3) is 0 Å². The van der Waals surface area contributed by atoms with Crippen molar-refractivity contribution in [3.8, 4) is 0 Å². The zero-order chi connectivity index (χ0) is 11.4. The molecule has 1 fully saturated rings. The maximum absolute atomic E-state index is 12.5. The second-order valence-corrected chi connectivity index (χ2v) is 3.99. The van der Waals surface area contributed by atoms with E-state index < -0.39 is 24.4 Å². The number of carbonyl (C=O) groups is 1. The van der Waals surface area contributed by atoms with Crippen LogP contribution in [-0.4, -0.2) is 41.5 Å². The number of halogens is 2. The maximum atomic E-state index is 12.5. The van der Waals surface area contributed by atoms with Gasteiger partial charge in [-0.3, -0.25) is 9.69 Å². The van der Waals surface area contributed by atoms with E-state index in [9.17, 15) is 13.6 Å². The second kappa shape index (κ2) is 5.39. The number of piperidine rings is 1. The Hall–Kier alpha value is -0.710. The molecule has 0 unspecified atom stereocenters. The molecule has 1 aliphatic heterocycles. The molecule has 1 heterocycles. The summed E-state index contributed by atoms with van der Waals surface area (Å²) in [4.78, 5) is 12.5. The van der Waals surface area contributed by atoms with Crippen LogP contribution in [0.1, 0.15) is 26.2 Å². The summed E-state index contributed by atoms with van der Waals surface area (Å²) in [5, 5.41) is 8.92. The molecule has 0 amide bonds. The predicted octanol–water partition coefficient (Wildman–Crippen LogP) is 1.83. The van der Waals surface area contributed by atoms with Gasteiger partial charge in [-0.25, -0.2) is 8.78 Å². The van der Waals surface area contributed by atoms with Crippen molar-refractivity contribution >= 4 is 5.97 Å². The van der Waals surface area contributed by atoms with Crippen LogP contribution in [0.15, 0.2) is 0 Å². The van der Waals surface area contributed by atoms with Crippen molar-refractivity contribution in [1.82, 2.24) is 4.90 Å². The minimum absolute atomic E-state index is 0.211. The number of likely N-dealkylation sites (tertiary alicyclic amines) is 1. The summed E-state index contributed by atoms with van der Waals surface area (Å²) in [6, 6.07) is -0.605. The SMILES string of the molecule is CC[C@H](C(=O)O)N1CCC[C@@H](C(F)F)C1. The van der Waals surface area contributed by atoms with Gasteiger partial charge in [-0.1, -0.05) is 6.92 Å². The Morgan fingerprint density at radius 1 is 1.60 bits per heavy atom. The first-order valence-corrected chi connectivity index (χ1v) is 5.31. The van der Waals surface area contributed by atoms with Crippen LogP contribution >= 0.6 is 0 Å². The third-order valence-electron chi connectivity index (χ3n) is 2.96. The topological polar surface area (TPSA) is 40.5 Å². The zero-order valence-corrected chi connectivity index (χ0v) is 8.83. The molecule has 1 rings (SSSR count). The van der Waals surface area contributed by atoms with Crippen molar-refractivity contribution < 1.29 is 18.7 Å². The Morgan fingerprint density at radius 2 is 2.27 bits per heavy atom. The highest BCUT2D eigenvalue weighted by Crippen LogP contribution is 2.24. The molecule has 0 aliphatic carbocycles. The van der Waals surface area contributed by atoms with Crippen molar-refractivity contribution in [2.75, 3.05) is 13.1 Å². The van der Waals surface area contributed by atoms with E-state index in [2.05, 4.69) is 0 Å². The summed E-state index contributed by atoms with van der Waals surface area (Å²) in [5.41, 5.74) is 0. The molecule has 1 saturated heterocycles. The number of hydrogen-bond acceptors (Lipinski definition) is 2. The molecule has 1 N–H and O–H groups in total. The van der Waals surface area contributed by atoms with Crippen LogP contribution in [0.3, 0.4) is 0 Å². The Labute approximate surface area is 88.1 Å². The molecule has 3 nitrogen and oxygen atoms in total. The standard InChI is InChI=1S/C10H17F2NO2/c1-2-8(10(14)15)13-5-3-4-7(6-13)9(11)12/h7-9H,2-6H2,1H3,(H,14,15)/t7-,8-/m1/s1. The lowest BCUT2D eigenvalue weighted by Crippen LogP contribution is -2.47. The van der Waals surface area contributed by atoms with Gasteiger partial charge in [0.05, 0.1) is 0 Å². The number of carboxylic acid groups (broad SMARTS) is 1. The maximum Gasteiger partial charge on any atom is 0.320 e. The van der Waals surface area contributed by atoms with E-state index in [0.717, 1.165) is 0 Å². The molecule has 0 bridgehead atoms. The van der Waals surface area contributed by atoms with Gasteiger partial charge >= 0.3 is 5.97 Å². The number of alkyl halides is 2. The number of hydrogen-bond donors (Lipinski definition) is 1. The summed E-state index contributed by atoms with van der Waals surface area (Å²) in [6.45, 7) is 2.60. The third kappa shape index (κ3) is 3.12. The quantitative estimate of drug-likeness (QED) is 0.787. The molecule has 0 saturated carbocycles. The van der Waals surface area contributed by atoms with Gasteiger partial charge in [-0.2, -0.15) is 0 Å².